The van der Waals surface area contributed by atoms with Gasteiger partial charge in [-0.05, 0) is 18.2 Å². The van der Waals surface area contributed by atoms with Crippen molar-refractivity contribution in [2.75, 3.05) is 5.32 Å². The molecule has 1 heterocycles. The number of hydrogen-bond acceptors (Lipinski definition) is 5. The first kappa shape index (κ1) is 16.4. The van der Waals surface area contributed by atoms with E-state index in [9.17, 15) is 18.0 Å². The summed E-state index contributed by atoms with van der Waals surface area (Å²) in [6.07, 6.45) is -3.37. The van der Waals surface area contributed by atoms with E-state index in [1.165, 1.54) is 23.6 Å². The number of halogens is 4. The fourth-order valence-electron chi connectivity index (χ4n) is 1.60. The Labute approximate surface area is 131 Å². The molecule has 2 aromatic rings. The summed E-state index contributed by atoms with van der Waals surface area (Å²) >= 11 is 6.87. The molecule has 0 saturated carbocycles. The molecule has 0 fully saturated rings. The number of aromatic carboxylic acids is 1. The molecule has 0 saturated heterocycles. The lowest BCUT2D eigenvalue weighted by molar-refractivity contribution is -0.274. The van der Waals surface area contributed by atoms with E-state index in [2.05, 4.69) is 15.0 Å². The van der Waals surface area contributed by atoms with Crippen LogP contribution in [0.5, 0.6) is 5.75 Å². The Bertz CT molecular complexity index is 690. The van der Waals surface area contributed by atoms with Crippen LogP contribution in [0.4, 0.5) is 18.9 Å². The molecule has 5 nitrogen and oxygen atoms in total. The summed E-state index contributed by atoms with van der Waals surface area (Å²) in [4.78, 5) is 15.7. The van der Waals surface area contributed by atoms with Crippen LogP contribution < -0.4 is 10.1 Å². The van der Waals surface area contributed by atoms with Crippen molar-refractivity contribution in [2.45, 2.75) is 12.9 Å². The van der Waals surface area contributed by atoms with Crippen LogP contribution in [0.1, 0.15) is 15.2 Å². The van der Waals surface area contributed by atoms with E-state index in [1.807, 2.05) is 0 Å². The van der Waals surface area contributed by atoms with Gasteiger partial charge in [0.15, 0.2) is 4.47 Å². The number of hydrogen-bond donors (Lipinski definition) is 2. The Kier molecular flexibility index (Phi) is 4.77. The topological polar surface area (TPSA) is 71.5 Å². The Hall–Kier alpha value is -2.00. The fourth-order valence-corrected chi connectivity index (χ4v) is 2.52. The van der Waals surface area contributed by atoms with Crippen molar-refractivity contribution in [1.29, 1.82) is 0 Å². The van der Waals surface area contributed by atoms with Crippen molar-refractivity contribution in [2.24, 2.45) is 0 Å². The summed E-state index contributed by atoms with van der Waals surface area (Å²) in [5.41, 5.74) is -0.177. The summed E-state index contributed by atoms with van der Waals surface area (Å²) in [5.74, 6) is -1.98. The van der Waals surface area contributed by atoms with Crippen molar-refractivity contribution in [3.8, 4) is 5.75 Å². The number of carbonyl (C=O) groups is 1. The zero-order chi connectivity index (χ0) is 16.3. The SMILES string of the molecule is O=C(O)c1cc(OC(F)(F)F)ccc1NCc1cnc(Cl)s1. The summed E-state index contributed by atoms with van der Waals surface area (Å²) < 4.78 is 40.5. The highest BCUT2D eigenvalue weighted by Crippen LogP contribution is 2.28. The normalized spacial score (nSPS) is 11.3. The number of nitrogens with one attached hydrogen (secondary N) is 1. The standard InChI is InChI=1S/C12H8ClF3N2O3S/c13-11-18-5-7(22-11)4-17-9-2-1-6(21-12(14,15)16)3-8(9)10(19)20/h1-3,5,17H,4H2,(H,19,20). The summed E-state index contributed by atoms with van der Waals surface area (Å²) in [5, 5.41) is 11.9. The lowest BCUT2D eigenvalue weighted by Gasteiger charge is -2.12. The first-order valence-electron chi connectivity index (χ1n) is 5.72. The van der Waals surface area contributed by atoms with Gasteiger partial charge < -0.3 is 15.2 Å². The summed E-state index contributed by atoms with van der Waals surface area (Å²) in [6, 6.07) is 3.03. The largest absolute Gasteiger partial charge is 0.573 e. The van der Waals surface area contributed by atoms with Crippen LogP contribution in [0, 0.1) is 0 Å². The van der Waals surface area contributed by atoms with Crippen LogP contribution >= 0.6 is 22.9 Å². The van der Waals surface area contributed by atoms with E-state index in [-0.39, 0.29) is 17.8 Å². The first-order valence-corrected chi connectivity index (χ1v) is 6.91. The highest BCUT2D eigenvalue weighted by Gasteiger charge is 2.31. The van der Waals surface area contributed by atoms with Crippen molar-refractivity contribution in [1.82, 2.24) is 4.98 Å². The van der Waals surface area contributed by atoms with Crippen molar-refractivity contribution in [3.63, 3.8) is 0 Å². The predicted molar refractivity (Wildman–Crippen MR) is 74.5 cm³/mol. The van der Waals surface area contributed by atoms with Crippen LogP contribution in [-0.2, 0) is 6.54 Å². The highest BCUT2D eigenvalue weighted by atomic mass is 35.5. The number of carboxylic acids is 1. The summed E-state index contributed by atoms with van der Waals surface area (Å²) in [6.45, 7) is 0.240. The smallest absolute Gasteiger partial charge is 0.478 e. The van der Waals surface area contributed by atoms with Crippen LogP contribution in [0.2, 0.25) is 4.47 Å². The molecule has 0 aliphatic rings. The number of ether oxygens (including phenoxy) is 1. The second kappa shape index (κ2) is 6.41. The van der Waals surface area contributed by atoms with Crippen LogP contribution in [0.15, 0.2) is 24.4 Å². The maximum Gasteiger partial charge on any atom is 0.573 e. The lowest BCUT2D eigenvalue weighted by Crippen LogP contribution is -2.17. The van der Waals surface area contributed by atoms with Crippen molar-refractivity contribution < 1.29 is 27.8 Å². The molecule has 22 heavy (non-hydrogen) atoms. The fraction of sp³-hybridized carbons (Fsp3) is 0.167. The molecule has 10 heteroatoms. The molecule has 0 aliphatic carbocycles. The molecule has 0 atom stereocenters. The molecule has 0 spiro atoms. The van der Waals surface area contributed by atoms with Gasteiger partial charge in [-0.2, -0.15) is 0 Å². The van der Waals surface area contributed by atoms with Gasteiger partial charge >= 0.3 is 12.3 Å². The van der Waals surface area contributed by atoms with Crippen LogP contribution in [0.3, 0.4) is 0 Å². The number of nitrogens with zero attached hydrogens (tertiary/aromatic N) is 1. The molecule has 2 N–H and O–H groups in total. The van der Waals surface area contributed by atoms with Gasteiger partial charge in [-0.25, -0.2) is 9.78 Å². The van der Waals surface area contributed by atoms with E-state index in [0.717, 1.165) is 17.0 Å². The van der Waals surface area contributed by atoms with Gasteiger partial charge in [-0.3, -0.25) is 0 Å². The number of rotatable bonds is 5. The third kappa shape index (κ3) is 4.50. The number of benzene rings is 1. The quantitative estimate of drug-likeness (QED) is 0.850. The summed E-state index contributed by atoms with van der Waals surface area (Å²) in [7, 11) is 0. The molecule has 2 rings (SSSR count). The molecule has 0 radical (unpaired) electrons. The van der Waals surface area contributed by atoms with Crippen LogP contribution in [0.25, 0.3) is 0 Å². The zero-order valence-electron chi connectivity index (χ0n) is 10.6. The molecule has 0 unspecified atom stereocenters. The number of thiazole rings is 1. The Balaban J connectivity index is 2.18. The van der Waals surface area contributed by atoms with Gasteiger partial charge in [0.05, 0.1) is 12.1 Å². The highest BCUT2D eigenvalue weighted by molar-refractivity contribution is 7.15. The molecule has 0 aliphatic heterocycles. The Morgan fingerprint density at radius 3 is 2.73 bits per heavy atom. The number of anilines is 1. The van der Waals surface area contributed by atoms with Gasteiger partial charge in [0, 0.05) is 16.8 Å². The van der Waals surface area contributed by atoms with Gasteiger partial charge in [0.25, 0.3) is 0 Å². The van der Waals surface area contributed by atoms with Gasteiger partial charge in [0.1, 0.15) is 5.75 Å². The Morgan fingerprint density at radius 1 is 1.45 bits per heavy atom. The first-order chi connectivity index (χ1) is 10.2. The van der Waals surface area contributed by atoms with E-state index in [1.54, 1.807) is 0 Å². The third-order valence-corrected chi connectivity index (χ3v) is 3.55. The average molecular weight is 353 g/mol. The maximum absolute atomic E-state index is 12.1. The van der Waals surface area contributed by atoms with Gasteiger partial charge in [-0.1, -0.05) is 11.6 Å². The predicted octanol–water partition coefficient (Wildman–Crippen LogP) is 4.01. The molecule has 1 aromatic carbocycles. The van der Waals surface area contributed by atoms with E-state index in [0.29, 0.717) is 4.47 Å². The monoisotopic (exact) mass is 352 g/mol. The maximum atomic E-state index is 12.1. The second-order valence-electron chi connectivity index (χ2n) is 3.99. The molecule has 1 aromatic heterocycles. The second-order valence-corrected chi connectivity index (χ2v) is 5.69. The average Bonchev–Trinajstić information content (AvgIpc) is 2.81. The minimum absolute atomic E-state index is 0.159. The number of alkyl halides is 3. The van der Waals surface area contributed by atoms with Crippen molar-refractivity contribution >= 4 is 34.6 Å². The molecular weight excluding hydrogens is 345 g/mol. The minimum atomic E-state index is -4.88. The van der Waals surface area contributed by atoms with Crippen LogP contribution in [-0.4, -0.2) is 22.4 Å². The molecule has 118 valence electrons. The van der Waals surface area contributed by atoms with Gasteiger partial charge in [0.2, 0.25) is 0 Å². The minimum Gasteiger partial charge on any atom is -0.478 e. The third-order valence-electron chi connectivity index (χ3n) is 2.43. The molecular formula is C12H8ClF3N2O3S. The van der Waals surface area contributed by atoms with Crippen molar-refractivity contribution in [3.05, 3.63) is 39.3 Å². The Morgan fingerprint density at radius 2 is 2.18 bits per heavy atom. The van der Waals surface area contributed by atoms with E-state index in [4.69, 9.17) is 16.7 Å². The molecule has 0 bridgehead atoms. The zero-order valence-corrected chi connectivity index (χ0v) is 12.2. The number of carboxylic acid groups (broad SMARTS) is 1. The molecule has 0 amide bonds. The van der Waals surface area contributed by atoms with E-state index < -0.39 is 18.1 Å². The number of aromatic nitrogens is 1. The lowest BCUT2D eigenvalue weighted by atomic mass is 10.1. The van der Waals surface area contributed by atoms with Gasteiger partial charge in [-0.15, -0.1) is 24.5 Å². The van der Waals surface area contributed by atoms with E-state index >= 15 is 0 Å².